The Morgan fingerprint density at radius 1 is 1.10 bits per heavy atom. The number of fused-ring (bicyclic) bond motifs is 1. The fourth-order valence-electron chi connectivity index (χ4n) is 1.90. The van der Waals surface area contributed by atoms with Gasteiger partial charge in [-0.3, -0.25) is 15.0 Å². The molecule has 5 nitrogen and oxygen atoms in total. The molecule has 0 aliphatic rings. The zero-order chi connectivity index (χ0) is 13.9. The molecule has 3 rings (SSSR count). The topological polar surface area (TPSA) is 76.7 Å². The second-order valence-electron chi connectivity index (χ2n) is 4.32. The maximum absolute atomic E-state index is 13.3. The Kier molecular flexibility index (Phi) is 3.12. The van der Waals surface area contributed by atoms with E-state index in [0.29, 0.717) is 12.2 Å². The first kappa shape index (κ1) is 12.3. The molecule has 0 unspecified atom stereocenters. The fourth-order valence-corrected chi connectivity index (χ4v) is 1.90. The molecule has 0 saturated carbocycles. The summed E-state index contributed by atoms with van der Waals surface area (Å²) < 4.78 is 13.3. The average Bonchev–Trinajstić information content (AvgIpc) is 2.48. The van der Waals surface area contributed by atoms with Crippen molar-refractivity contribution < 1.29 is 4.39 Å². The van der Waals surface area contributed by atoms with E-state index in [4.69, 9.17) is 5.73 Å². The van der Waals surface area contributed by atoms with Gasteiger partial charge in [-0.1, -0.05) is 6.07 Å². The maximum Gasteiger partial charge on any atom is 0.166 e. The molecule has 20 heavy (non-hydrogen) atoms. The Bertz CT molecular complexity index is 759. The molecule has 2 heterocycles. The van der Waals surface area contributed by atoms with Crippen molar-refractivity contribution >= 4 is 22.4 Å². The second-order valence-corrected chi connectivity index (χ2v) is 4.32. The van der Waals surface area contributed by atoms with Crippen LogP contribution in [0.1, 0.15) is 5.56 Å². The zero-order valence-corrected chi connectivity index (χ0v) is 10.5. The highest BCUT2D eigenvalue weighted by Crippen LogP contribution is 2.20. The van der Waals surface area contributed by atoms with E-state index in [2.05, 4.69) is 20.3 Å². The highest BCUT2D eigenvalue weighted by molar-refractivity contribution is 5.74. The number of aromatic nitrogens is 3. The summed E-state index contributed by atoms with van der Waals surface area (Å²) in [6.45, 7) is 0.502. The number of nitrogen functional groups attached to an aromatic ring is 1. The third-order valence-corrected chi connectivity index (χ3v) is 2.96. The molecule has 100 valence electrons. The number of benzene rings is 1. The van der Waals surface area contributed by atoms with E-state index in [-0.39, 0.29) is 5.69 Å². The maximum atomic E-state index is 13.3. The van der Waals surface area contributed by atoms with Crippen molar-refractivity contribution in [3.8, 4) is 0 Å². The van der Waals surface area contributed by atoms with Crippen molar-refractivity contribution in [2.45, 2.75) is 6.54 Å². The molecule has 0 fully saturated rings. The van der Waals surface area contributed by atoms with Gasteiger partial charge in [0.1, 0.15) is 0 Å². The van der Waals surface area contributed by atoms with Crippen molar-refractivity contribution in [2.24, 2.45) is 0 Å². The van der Waals surface area contributed by atoms with Crippen LogP contribution in [0.2, 0.25) is 0 Å². The second kappa shape index (κ2) is 5.08. The lowest BCUT2D eigenvalue weighted by Gasteiger charge is -2.09. The van der Waals surface area contributed by atoms with Gasteiger partial charge in [0.15, 0.2) is 5.82 Å². The number of halogens is 1. The number of hydrogen-bond donors (Lipinski definition) is 2. The SMILES string of the molecule is Nc1c(F)cncc1NCc1ccc2nccnc2c1. The Labute approximate surface area is 114 Å². The minimum atomic E-state index is -0.528. The Hall–Kier alpha value is -2.76. The average molecular weight is 269 g/mol. The van der Waals surface area contributed by atoms with Gasteiger partial charge in [0.25, 0.3) is 0 Å². The largest absolute Gasteiger partial charge is 0.395 e. The van der Waals surface area contributed by atoms with E-state index in [1.54, 1.807) is 12.4 Å². The number of hydrogen-bond acceptors (Lipinski definition) is 5. The van der Waals surface area contributed by atoms with E-state index in [9.17, 15) is 4.39 Å². The fraction of sp³-hybridized carbons (Fsp3) is 0.0714. The molecule has 1 aromatic carbocycles. The molecule has 3 N–H and O–H groups in total. The van der Waals surface area contributed by atoms with Crippen LogP contribution in [-0.4, -0.2) is 15.0 Å². The number of pyridine rings is 1. The van der Waals surface area contributed by atoms with Crippen LogP contribution in [0.3, 0.4) is 0 Å². The van der Waals surface area contributed by atoms with Crippen molar-refractivity contribution in [3.05, 3.63) is 54.4 Å². The number of nitrogens with zero attached hydrogens (tertiary/aromatic N) is 3. The standard InChI is InChI=1S/C14H12FN5/c15-10-7-17-8-13(14(10)16)20-6-9-1-2-11-12(5-9)19-4-3-18-11/h1-5,7-8,20H,6H2,(H2,16,17). The molecular formula is C14H12FN5. The summed E-state index contributed by atoms with van der Waals surface area (Å²) in [5.74, 6) is -0.528. The van der Waals surface area contributed by atoms with Gasteiger partial charge < -0.3 is 11.1 Å². The zero-order valence-electron chi connectivity index (χ0n) is 10.5. The van der Waals surface area contributed by atoms with E-state index in [0.717, 1.165) is 22.8 Å². The van der Waals surface area contributed by atoms with Gasteiger partial charge in [-0.05, 0) is 17.7 Å². The van der Waals surface area contributed by atoms with Crippen LogP contribution in [0.4, 0.5) is 15.8 Å². The molecule has 0 spiro atoms. The van der Waals surface area contributed by atoms with Crippen molar-refractivity contribution in [2.75, 3.05) is 11.1 Å². The highest BCUT2D eigenvalue weighted by Gasteiger charge is 2.05. The summed E-state index contributed by atoms with van der Waals surface area (Å²) in [6.07, 6.45) is 5.89. The van der Waals surface area contributed by atoms with Gasteiger partial charge in [0.05, 0.1) is 34.8 Å². The predicted molar refractivity (Wildman–Crippen MR) is 75.5 cm³/mol. The summed E-state index contributed by atoms with van der Waals surface area (Å²) >= 11 is 0. The number of nitrogens with two attached hydrogens (primary N) is 1. The molecular weight excluding hydrogens is 257 g/mol. The van der Waals surface area contributed by atoms with Crippen LogP contribution >= 0.6 is 0 Å². The summed E-state index contributed by atoms with van der Waals surface area (Å²) in [5, 5.41) is 3.06. The van der Waals surface area contributed by atoms with E-state index < -0.39 is 5.82 Å². The monoisotopic (exact) mass is 269 g/mol. The molecule has 0 aliphatic carbocycles. The lowest BCUT2D eigenvalue weighted by Crippen LogP contribution is -2.04. The molecule has 0 radical (unpaired) electrons. The van der Waals surface area contributed by atoms with Gasteiger partial charge >= 0.3 is 0 Å². The summed E-state index contributed by atoms with van der Waals surface area (Å²) in [6, 6.07) is 5.76. The molecule has 0 atom stereocenters. The third kappa shape index (κ3) is 2.35. The van der Waals surface area contributed by atoms with Gasteiger partial charge in [-0.2, -0.15) is 0 Å². The number of rotatable bonds is 3. The first-order chi connectivity index (χ1) is 9.74. The predicted octanol–water partition coefficient (Wildman–Crippen LogP) is 2.36. The highest BCUT2D eigenvalue weighted by atomic mass is 19.1. The van der Waals surface area contributed by atoms with Crippen LogP contribution in [0.5, 0.6) is 0 Å². The van der Waals surface area contributed by atoms with Crippen LogP contribution in [0.25, 0.3) is 11.0 Å². The molecule has 0 aliphatic heterocycles. The van der Waals surface area contributed by atoms with Crippen LogP contribution in [0.15, 0.2) is 43.0 Å². The van der Waals surface area contributed by atoms with Gasteiger partial charge in [0.2, 0.25) is 0 Å². The normalized spacial score (nSPS) is 10.7. The van der Waals surface area contributed by atoms with E-state index in [1.165, 1.54) is 6.20 Å². The van der Waals surface area contributed by atoms with E-state index >= 15 is 0 Å². The first-order valence-electron chi connectivity index (χ1n) is 6.06. The molecule has 3 aromatic rings. The van der Waals surface area contributed by atoms with Crippen molar-refractivity contribution in [1.29, 1.82) is 0 Å². The van der Waals surface area contributed by atoms with Crippen LogP contribution in [0, 0.1) is 5.82 Å². The van der Waals surface area contributed by atoms with E-state index in [1.807, 2.05) is 18.2 Å². The lowest BCUT2D eigenvalue weighted by atomic mass is 10.2. The Morgan fingerprint density at radius 3 is 2.75 bits per heavy atom. The molecule has 0 amide bonds. The Morgan fingerprint density at radius 2 is 1.90 bits per heavy atom. The van der Waals surface area contributed by atoms with Gasteiger partial charge in [-0.25, -0.2) is 4.39 Å². The van der Waals surface area contributed by atoms with Gasteiger partial charge in [0, 0.05) is 18.9 Å². The summed E-state index contributed by atoms with van der Waals surface area (Å²) in [7, 11) is 0. The minimum Gasteiger partial charge on any atom is -0.395 e. The van der Waals surface area contributed by atoms with Crippen LogP contribution < -0.4 is 11.1 Å². The van der Waals surface area contributed by atoms with Crippen molar-refractivity contribution in [3.63, 3.8) is 0 Å². The van der Waals surface area contributed by atoms with Gasteiger partial charge in [-0.15, -0.1) is 0 Å². The molecule has 0 bridgehead atoms. The van der Waals surface area contributed by atoms with Crippen molar-refractivity contribution in [1.82, 2.24) is 15.0 Å². The molecule has 6 heteroatoms. The quantitative estimate of drug-likeness (QED) is 0.763. The van der Waals surface area contributed by atoms with Crippen LogP contribution in [-0.2, 0) is 6.54 Å². The summed E-state index contributed by atoms with van der Waals surface area (Å²) in [5.41, 5.74) is 8.84. The minimum absolute atomic E-state index is 0.0700. The number of nitrogens with one attached hydrogen (secondary N) is 1. The number of anilines is 2. The first-order valence-corrected chi connectivity index (χ1v) is 6.06. The summed E-state index contributed by atoms with van der Waals surface area (Å²) in [4.78, 5) is 12.2. The molecule has 0 saturated heterocycles. The lowest BCUT2D eigenvalue weighted by molar-refractivity contribution is 0.626. The Balaban J connectivity index is 1.81. The molecule has 2 aromatic heterocycles. The smallest absolute Gasteiger partial charge is 0.166 e. The third-order valence-electron chi connectivity index (χ3n) is 2.96.